The van der Waals surface area contributed by atoms with Crippen LogP contribution in [0.3, 0.4) is 0 Å². The lowest BCUT2D eigenvalue weighted by molar-refractivity contribution is -0.126. The number of amides is 1. The Balaban J connectivity index is 1.39. The molecule has 0 saturated carbocycles. The van der Waals surface area contributed by atoms with E-state index in [9.17, 15) is 9.59 Å². The molecule has 1 fully saturated rings. The highest BCUT2D eigenvalue weighted by molar-refractivity contribution is 7.09. The highest BCUT2D eigenvalue weighted by Gasteiger charge is 2.25. The van der Waals surface area contributed by atoms with Crippen molar-refractivity contribution in [1.82, 2.24) is 15.1 Å². The Morgan fingerprint density at radius 3 is 2.48 bits per heavy atom. The standard InChI is InChI=1S/C22H29N3O3S/c1-17(21(26)23-16-18-5-7-19(8-6-18)22(27)28-2)25-13-11-24(12-14-25)10-9-20-4-3-15-29-20/h3-8,15,17H,9-14,16H2,1-2H3,(H,23,26). The van der Waals surface area contributed by atoms with Crippen molar-refractivity contribution in [2.75, 3.05) is 39.8 Å². The average molecular weight is 416 g/mol. The van der Waals surface area contributed by atoms with E-state index in [2.05, 4.69) is 32.6 Å². The molecule has 1 saturated heterocycles. The molecule has 1 amide bonds. The van der Waals surface area contributed by atoms with E-state index in [1.165, 1.54) is 12.0 Å². The van der Waals surface area contributed by atoms with Gasteiger partial charge in [0.2, 0.25) is 5.91 Å². The molecule has 3 rings (SSSR count). The van der Waals surface area contributed by atoms with E-state index in [1.807, 2.05) is 30.4 Å². The summed E-state index contributed by atoms with van der Waals surface area (Å²) < 4.78 is 4.70. The maximum atomic E-state index is 12.6. The minimum Gasteiger partial charge on any atom is -0.465 e. The van der Waals surface area contributed by atoms with Gasteiger partial charge in [-0.25, -0.2) is 4.79 Å². The first-order valence-corrected chi connectivity index (χ1v) is 10.9. The first kappa shape index (κ1) is 21.5. The maximum absolute atomic E-state index is 12.6. The van der Waals surface area contributed by atoms with Crippen LogP contribution in [0.1, 0.15) is 27.7 Å². The number of carbonyl (C=O) groups excluding carboxylic acids is 2. The third-order valence-electron chi connectivity index (χ3n) is 5.43. The van der Waals surface area contributed by atoms with Crippen LogP contribution in [0.5, 0.6) is 0 Å². The van der Waals surface area contributed by atoms with E-state index < -0.39 is 0 Å². The number of hydrogen-bond donors (Lipinski definition) is 1. The normalized spacial score (nSPS) is 16.3. The molecule has 1 N–H and O–H groups in total. The third-order valence-corrected chi connectivity index (χ3v) is 6.37. The molecular weight excluding hydrogens is 386 g/mol. The van der Waals surface area contributed by atoms with Crippen LogP contribution < -0.4 is 5.32 Å². The molecule has 1 aromatic carbocycles. The zero-order chi connectivity index (χ0) is 20.6. The highest BCUT2D eigenvalue weighted by Crippen LogP contribution is 2.12. The molecule has 1 unspecified atom stereocenters. The van der Waals surface area contributed by atoms with Gasteiger partial charge in [-0.1, -0.05) is 18.2 Å². The lowest BCUT2D eigenvalue weighted by atomic mass is 10.1. The summed E-state index contributed by atoms with van der Waals surface area (Å²) in [4.78, 5) is 30.2. The maximum Gasteiger partial charge on any atom is 0.337 e. The summed E-state index contributed by atoms with van der Waals surface area (Å²) in [5, 5.41) is 5.13. The molecule has 1 atom stereocenters. The first-order chi connectivity index (χ1) is 14.1. The number of carbonyl (C=O) groups is 2. The molecule has 156 valence electrons. The van der Waals surface area contributed by atoms with Gasteiger partial charge in [0.15, 0.2) is 0 Å². The van der Waals surface area contributed by atoms with Crippen LogP contribution >= 0.6 is 11.3 Å². The van der Waals surface area contributed by atoms with Gasteiger partial charge >= 0.3 is 5.97 Å². The van der Waals surface area contributed by atoms with Gasteiger partial charge < -0.3 is 15.0 Å². The number of piperazine rings is 1. The quantitative estimate of drug-likeness (QED) is 0.671. The molecule has 0 radical (unpaired) electrons. The summed E-state index contributed by atoms with van der Waals surface area (Å²) in [7, 11) is 1.36. The minimum atomic E-state index is -0.358. The van der Waals surface area contributed by atoms with Crippen LogP contribution in [-0.2, 0) is 22.5 Å². The van der Waals surface area contributed by atoms with Crippen molar-refractivity contribution in [2.45, 2.75) is 25.9 Å². The van der Waals surface area contributed by atoms with E-state index in [4.69, 9.17) is 4.74 Å². The van der Waals surface area contributed by atoms with E-state index in [0.29, 0.717) is 12.1 Å². The van der Waals surface area contributed by atoms with Crippen molar-refractivity contribution in [3.63, 3.8) is 0 Å². The summed E-state index contributed by atoms with van der Waals surface area (Å²) >= 11 is 1.81. The predicted octanol–water partition coefficient (Wildman–Crippen LogP) is 2.40. The van der Waals surface area contributed by atoms with Gasteiger partial charge in [0.25, 0.3) is 0 Å². The lowest BCUT2D eigenvalue weighted by Gasteiger charge is -2.37. The van der Waals surface area contributed by atoms with Crippen molar-refractivity contribution < 1.29 is 14.3 Å². The summed E-state index contributed by atoms with van der Waals surface area (Å²) in [6, 6.07) is 11.2. The molecule has 1 aliphatic rings. The number of esters is 1. The fourth-order valence-electron chi connectivity index (χ4n) is 3.48. The van der Waals surface area contributed by atoms with Crippen LogP contribution in [0.2, 0.25) is 0 Å². The monoisotopic (exact) mass is 415 g/mol. The first-order valence-electron chi connectivity index (χ1n) is 10.0. The van der Waals surface area contributed by atoms with Crippen LogP contribution in [0.4, 0.5) is 0 Å². The molecule has 0 bridgehead atoms. The van der Waals surface area contributed by atoms with Gasteiger partial charge in [-0.3, -0.25) is 9.69 Å². The number of methoxy groups -OCH3 is 1. The molecular formula is C22H29N3O3S. The Labute approximate surface area is 176 Å². The summed E-state index contributed by atoms with van der Waals surface area (Å²) in [6.45, 7) is 7.31. The topological polar surface area (TPSA) is 61.9 Å². The Morgan fingerprint density at radius 1 is 1.14 bits per heavy atom. The van der Waals surface area contributed by atoms with Crippen LogP contribution in [0.25, 0.3) is 0 Å². The Hall–Kier alpha value is -2.22. The largest absolute Gasteiger partial charge is 0.465 e. The zero-order valence-corrected chi connectivity index (χ0v) is 17.9. The van der Waals surface area contributed by atoms with Crippen molar-refractivity contribution >= 4 is 23.2 Å². The average Bonchev–Trinajstić information content (AvgIpc) is 3.29. The molecule has 2 aromatic rings. The van der Waals surface area contributed by atoms with Gasteiger partial charge in [0, 0.05) is 44.1 Å². The SMILES string of the molecule is COC(=O)c1ccc(CNC(=O)C(C)N2CCN(CCc3cccs3)CC2)cc1. The molecule has 0 aliphatic carbocycles. The Morgan fingerprint density at radius 2 is 1.86 bits per heavy atom. The van der Waals surface area contributed by atoms with Gasteiger partial charge in [-0.05, 0) is 42.5 Å². The molecule has 0 spiro atoms. The molecule has 29 heavy (non-hydrogen) atoms. The zero-order valence-electron chi connectivity index (χ0n) is 17.1. The van der Waals surface area contributed by atoms with Crippen molar-refractivity contribution in [1.29, 1.82) is 0 Å². The number of ether oxygens (including phenoxy) is 1. The number of hydrogen-bond acceptors (Lipinski definition) is 6. The summed E-state index contributed by atoms with van der Waals surface area (Å²) in [6.07, 6.45) is 1.10. The van der Waals surface area contributed by atoms with E-state index in [-0.39, 0.29) is 17.9 Å². The molecule has 6 nitrogen and oxygen atoms in total. The molecule has 2 heterocycles. The fourth-order valence-corrected chi connectivity index (χ4v) is 4.17. The van der Waals surface area contributed by atoms with Crippen molar-refractivity contribution in [3.8, 4) is 0 Å². The van der Waals surface area contributed by atoms with Crippen LogP contribution in [-0.4, -0.2) is 67.6 Å². The molecule has 7 heteroatoms. The number of thiophene rings is 1. The van der Waals surface area contributed by atoms with Crippen molar-refractivity contribution in [2.24, 2.45) is 0 Å². The second-order valence-corrected chi connectivity index (χ2v) is 8.32. The Bertz CT molecular complexity index is 784. The second kappa shape index (κ2) is 10.5. The lowest BCUT2D eigenvalue weighted by Crippen LogP contribution is -2.54. The smallest absolute Gasteiger partial charge is 0.337 e. The predicted molar refractivity (Wildman–Crippen MR) is 115 cm³/mol. The van der Waals surface area contributed by atoms with Crippen LogP contribution in [0, 0.1) is 0 Å². The molecule has 1 aliphatic heterocycles. The van der Waals surface area contributed by atoms with Crippen LogP contribution in [0.15, 0.2) is 41.8 Å². The summed E-state index contributed by atoms with van der Waals surface area (Å²) in [5.74, 6) is -0.321. The van der Waals surface area contributed by atoms with Gasteiger partial charge in [-0.15, -0.1) is 11.3 Å². The number of nitrogens with zero attached hydrogens (tertiary/aromatic N) is 2. The van der Waals surface area contributed by atoms with Crippen molar-refractivity contribution in [3.05, 3.63) is 57.8 Å². The third kappa shape index (κ3) is 6.13. The second-order valence-electron chi connectivity index (χ2n) is 7.29. The number of rotatable bonds is 8. The van der Waals surface area contributed by atoms with Gasteiger partial charge in [0.1, 0.15) is 0 Å². The number of nitrogens with one attached hydrogen (secondary N) is 1. The van der Waals surface area contributed by atoms with E-state index in [0.717, 1.165) is 44.7 Å². The van der Waals surface area contributed by atoms with E-state index >= 15 is 0 Å². The summed E-state index contributed by atoms with van der Waals surface area (Å²) in [5.41, 5.74) is 1.46. The number of benzene rings is 1. The Kier molecular flexibility index (Phi) is 7.80. The highest BCUT2D eigenvalue weighted by atomic mass is 32.1. The molecule has 1 aromatic heterocycles. The minimum absolute atomic E-state index is 0.0362. The van der Waals surface area contributed by atoms with E-state index in [1.54, 1.807) is 12.1 Å². The fraction of sp³-hybridized carbons (Fsp3) is 0.455. The van der Waals surface area contributed by atoms with Gasteiger partial charge in [-0.2, -0.15) is 0 Å². The van der Waals surface area contributed by atoms with Gasteiger partial charge in [0.05, 0.1) is 18.7 Å².